The highest BCUT2D eigenvalue weighted by Crippen LogP contribution is 2.23. The van der Waals surface area contributed by atoms with E-state index in [1.165, 1.54) is 16.7 Å². The number of aryl methyl sites for hydroxylation is 2. The van der Waals surface area contributed by atoms with Crippen molar-refractivity contribution in [1.82, 2.24) is 5.43 Å². The van der Waals surface area contributed by atoms with Crippen molar-refractivity contribution in [2.45, 2.75) is 19.8 Å². The van der Waals surface area contributed by atoms with Crippen LogP contribution < -0.4 is 11.2 Å². The Hall–Kier alpha value is -1.42. The average Bonchev–Trinajstić information content (AvgIpc) is 2.57. The van der Waals surface area contributed by atoms with Crippen molar-refractivity contribution >= 4 is 23.0 Å². The molecular formula is C11H13N3S. The van der Waals surface area contributed by atoms with Crippen molar-refractivity contribution in [3.8, 4) is 0 Å². The third-order valence-electron chi connectivity index (χ3n) is 2.51. The van der Waals surface area contributed by atoms with E-state index in [-0.39, 0.29) is 5.11 Å². The zero-order valence-electron chi connectivity index (χ0n) is 8.58. The molecule has 0 fully saturated rings. The molecule has 0 unspecified atom stereocenters. The fourth-order valence-corrected chi connectivity index (χ4v) is 1.85. The molecule has 0 aliphatic heterocycles. The fourth-order valence-electron chi connectivity index (χ4n) is 1.80. The molecule has 0 radical (unpaired) electrons. The van der Waals surface area contributed by atoms with Crippen LogP contribution >= 0.6 is 12.2 Å². The lowest BCUT2D eigenvalue weighted by Gasteiger charge is -2.02. The van der Waals surface area contributed by atoms with Crippen LogP contribution in [0.3, 0.4) is 0 Å². The number of thiocarbonyl (C=S) groups is 1. The lowest BCUT2D eigenvalue weighted by Crippen LogP contribution is -2.25. The second-order valence-corrected chi connectivity index (χ2v) is 4.13. The number of hydrogen-bond acceptors (Lipinski definition) is 2. The van der Waals surface area contributed by atoms with Crippen molar-refractivity contribution in [3.63, 3.8) is 0 Å². The molecule has 0 spiro atoms. The number of hydrazone groups is 1. The maximum Gasteiger partial charge on any atom is 0.184 e. The number of hydrogen-bond donors (Lipinski definition) is 2. The predicted molar refractivity (Wildman–Crippen MR) is 66.0 cm³/mol. The molecule has 1 aromatic carbocycles. The van der Waals surface area contributed by atoms with E-state index in [0.29, 0.717) is 0 Å². The van der Waals surface area contributed by atoms with Gasteiger partial charge in [0.25, 0.3) is 0 Å². The molecule has 0 saturated heterocycles. The van der Waals surface area contributed by atoms with Gasteiger partial charge in [-0.3, -0.25) is 5.43 Å². The molecule has 4 heteroatoms. The first-order chi connectivity index (χ1) is 7.16. The molecular weight excluding hydrogens is 206 g/mol. The zero-order chi connectivity index (χ0) is 10.8. The normalized spacial score (nSPS) is 16.5. The Kier molecular flexibility index (Phi) is 2.68. The third-order valence-corrected chi connectivity index (χ3v) is 2.60. The van der Waals surface area contributed by atoms with Crippen molar-refractivity contribution in [1.29, 1.82) is 0 Å². The molecule has 0 atom stereocenters. The van der Waals surface area contributed by atoms with Crippen LogP contribution in [-0.4, -0.2) is 10.8 Å². The maximum atomic E-state index is 5.33. The Morgan fingerprint density at radius 3 is 3.00 bits per heavy atom. The minimum atomic E-state index is 0.212. The number of nitrogens with zero attached hydrogens (tertiary/aromatic N) is 1. The Bertz CT molecular complexity index is 437. The van der Waals surface area contributed by atoms with Gasteiger partial charge in [-0.25, -0.2) is 0 Å². The van der Waals surface area contributed by atoms with Gasteiger partial charge < -0.3 is 5.73 Å². The number of nitrogens with one attached hydrogen (secondary N) is 1. The lowest BCUT2D eigenvalue weighted by atomic mass is 10.1. The summed E-state index contributed by atoms with van der Waals surface area (Å²) in [7, 11) is 0. The van der Waals surface area contributed by atoms with E-state index in [2.05, 4.69) is 35.7 Å². The van der Waals surface area contributed by atoms with Crippen LogP contribution in [0.5, 0.6) is 0 Å². The van der Waals surface area contributed by atoms with E-state index in [0.717, 1.165) is 18.6 Å². The van der Waals surface area contributed by atoms with Gasteiger partial charge in [-0.05, 0) is 43.6 Å². The molecule has 1 aliphatic rings. The van der Waals surface area contributed by atoms with Crippen molar-refractivity contribution in [2.24, 2.45) is 10.8 Å². The lowest BCUT2D eigenvalue weighted by molar-refractivity contribution is 1.00. The summed E-state index contributed by atoms with van der Waals surface area (Å²) in [5, 5.41) is 4.42. The second kappa shape index (κ2) is 3.98. The van der Waals surface area contributed by atoms with E-state index >= 15 is 0 Å². The topological polar surface area (TPSA) is 50.4 Å². The van der Waals surface area contributed by atoms with Crippen molar-refractivity contribution in [2.75, 3.05) is 0 Å². The van der Waals surface area contributed by atoms with Gasteiger partial charge in [-0.15, -0.1) is 0 Å². The Morgan fingerprint density at radius 1 is 1.47 bits per heavy atom. The highest BCUT2D eigenvalue weighted by atomic mass is 32.1. The first kappa shape index (κ1) is 10.1. The van der Waals surface area contributed by atoms with Gasteiger partial charge >= 0.3 is 0 Å². The van der Waals surface area contributed by atoms with Crippen LogP contribution in [0.1, 0.15) is 23.1 Å². The van der Waals surface area contributed by atoms with Gasteiger partial charge in [0.05, 0.1) is 5.71 Å². The van der Waals surface area contributed by atoms with Crippen LogP contribution in [0.15, 0.2) is 23.3 Å². The zero-order valence-corrected chi connectivity index (χ0v) is 9.40. The van der Waals surface area contributed by atoms with E-state index in [9.17, 15) is 0 Å². The van der Waals surface area contributed by atoms with Gasteiger partial charge in [0, 0.05) is 5.56 Å². The fraction of sp³-hybridized carbons (Fsp3) is 0.273. The van der Waals surface area contributed by atoms with E-state index in [1.54, 1.807) is 0 Å². The van der Waals surface area contributed by atoms with Gasteiger partial charge in [0.15, 0.2) is 5.11 Å². The van der Waals surface area contributed by atoms with Gasteiger partial charge in [0.1, 0.15) is 0 Å². The molecule has 1 aliphatic carbocycles. The van der Waals surface area contributed by atoms with E-state index < -0.39 is 0 Å². The number of rotatable bonds is 1. The molecule has 15 heavy (non-hydrogen) atoms. The van der Waals surface area contributed by atoms with E-state index in [1.807, 2.05) is 0 Å². The maximum absolute atomic E-state index is 5.33. The van der Waals surface area contributed by atoms with Crippen LogP contribution in [0.4, 0.5) is 0 Å². The molecule has 78 valence electrons. The molecule has 1 aromatic rings. The molecule has 0 aromatic heterocycles. The summed E-state index contributed by atoms with van der Waals surface area (Å²) < 4.78 is 0. The number of nitrogens with two attached hydrogens (primary N) is 1. The molecule has 0 heterocycles. The minimum Gasteiger partial charge on any atom is -0.375 e. The number of fused-ring (bicyclic) bond motifs is 1. The van der Waals surface area contributed by atoms with Crippen LogP contribution in [-0.2, 0) is 6.42 Å². The van der Waals surface area contributed by atoms with Crippen LogP contribution in [0.2, 0.25) is 0 Å². The smallest absolute Gasteiger partial charge is 0.184 e. The largest absolute Gasteiger partial charge is 0.375 e. The Balaban J connectivity index is 2.31. The monoisotopic (exact) mass is 219 g/mol. The SMILES string of the molecule is Cc1ccc2c(c1)/C(=N\NC(N)=S)CC2. The van der Waals surface area contributed by atoms with E-state index in [4.69, 9.17) is 18.0 Å². The summed E-state index contributed by atoms with van der Waals surface area (Å²) in [6.07, 6.45) is 2.00. The quantitative estimate of drug-likeness (QED) is 0.555. The second-order valence-electron chi connectivity index (χ2n) is 3.70. The highest BCUT2D eigenvalue weighted by molar-refractivity contribution is 7.80. The Labute approximate surface area is 94.4 Å². The van der Waals surface area contributed by atoms with Crippen molar-refractivity contribution in [3.05, 3.63) is 34.9 Å². The summed E-state index contributed by atoms with van der Waals surface area (Å²) in [5.41, 5.74) is 12.8. The van der Waals surface area contributed by atoms with Gasteiger partial charge in [0.2, 0.25) is 0 Å². The highest BCUT2D eigenvalue weighted by Gasteiger charge is 2.17. The molecule has 3 N–H and O–H groups in total. The molecule has 0 bridgehead atoms. The first-order valence-electron chi connectivity index (χ1n) is 4.89. The van der Waals surface area contributed by atoms with Crippen LogP contribution in [0.25, 0.3) is 0 Å². The van der Waals surface area contributed by atoms with Crippen LogP contribution in [0, 0.1) is 6.92 Å². The van der Waals surface area contributed by atoms with Gasteiger partial charge in [-0.2, -0.15) is 5.10 Å². The van der Waals surface area contributed by atoms with Gasteiger partial charge in [-0.1, -0.05) is 17.7 Å². The molecule has 0 saturated carbocycles. The third kappa shape index (κ3) is 2.15. The summed E-state index contributed by atoms with van der Waals surface area (Å²) >= 11 is 4.71. The standard InChI is InChI=1S/C11H13N3S/c1-7-2-3-8-4-5-10(9(8)6-7)13-14-11(12)15/h2-3,6H,4-5H2,1H3,(H3,12,14,15)/b13-10-. The first-order valence-corrected chi connectivity index (χ1v) is 5.29. The average molecular weight is 219 g/mol. The summed E-state index contributed by atoms with van der Waals surface area (Å²) in [6, 6.07) is 6.44. The molecule has 2 rings (SSSR count). The molecule has 3 nitrogen and oxygen atoms in total. The Morgan fingerprint density at radius 2 is 2.27 bits per heavy atom. The predicted octanol–water partition coefficient (Wildman–Crippen LogP) is 1.48. The minimum absolute atomic E-state index is 0.212. The summed E-state index contributed by atoms with van der Waals surface area (Å²) in [4.78, 5) is 0. The van der Waals surface area contributed by atoms with Crippen molar-refractivity contribution < 1.29 is 0 Å². The number of benzene rings is 1. The summed E-state index contributed by atoms with van der Waals surface area (Å²) in [5.74, 6) is 0. The summed E-state index contributed by atoms with van der Waals surface area (Å²) in [6.45, 7) is 2.08. The molecule has 0 amide bonds.